The molecule has 2 nitrogen and oxygen atoms in total. The van der Waals surface area contributed by atoms with Crippen molar-refractivity contribution in [3.63, 3.8) is 0 Å². The number of amides is 1. The Balaban J connectivity index is 2.19. The summed E-state index contributed by atoms with van der Waals surface area (Å²) in [4.78, 5) is 11.4. The quantitative estimate of drug-likeness (QED) is 0.831. The van der Waals surface area contributed by atoms with Gasteiger partial charge in [0.25, 0.3) is 0 Å². The van der Waals surface area contributed by atoms with Crippen LogP contribution in [-0.2, 0) is 4.79 Å². The Labute approximate surface area is 94.9 Å². The molecular formula is C13H16FNO. The molecule has 1 fully saturated rings. The van der Waals surface area contributed by atoms with Crippen LogP contribution in [0.4, 0.5) is 4.39 Å². The van der Waals surface area contributed by atoms with Gasteiger partial charge in [0, 0.05) is 13.5 Å². The van der Waals surface area contributed by atoms with E-state index in [1.54, 1.807) is 19.2 Å². The molecule has 2 rings (SSSR count). The molecule has 1 amide bonds. The number of halogens is 1. The summed E-state index contributed by atoms with van der Waals surface area (Å²) in [5, 5.41) is 2.61. The number of hydrogen-bond acceptors (Lipinski definition) is 1. The number of carbonyl (C=O) groups excluding carboxylic acids is 1. The molecule has 1 aliphatic carbocycles. The SMILES string of the molecule is CNC(=O)CC(c1ccccc1F)C1CC1. The van der Waals surface area contributed by atoms with Crippen LogP contribution in [0.2, 0.25) is 0 Å². The third kappa shape index (κ3) is 2.40. The van der Waals surface area contributed by atoms with Gasteiger partial charge in [-0.15, -0.1) is 0 Å². The highest BCUT2D eigenvalue weighted by Crippen LogP contribution is 2.45. The predicted octanol–water partition coefficient (Wildman–Crippen LogP) is 2.46. The Bertz CT molecular complexity index is 387. The smallest absolute Gasteiger partial charge is 0.220 e. The van der Waals surface area contributed by atoms with Gasteiger partial charge < -0.3 is 5.32 Å². The molecular weight excluding hydrogens is 205 g/mol. The largest absolute Gasteiger partial charge is 0.359 e. The van der Waals surface area contributed by atoms with Crippen molar-refractivity contribution in [3.8, 4) is 0 Å². The van der Waals surface area contributed by atoms with Gasteiger partial charge in [-0.05, 0) is 36.3 Å². The zero-order chi connectivity index (χ0) is 11.5. The van der Waals surface area contributed by atoms with Crippen molar-refractivity contribution < 1.29 is 9.18 Å². The fourth-order valence-electron chi connectivity index (χ4n) is 2.11. The normalized spacial score (nSPS) is 16.9. The predicted molar refractivity (Wildman–Crippen MR) is 60.5 cm³/mol. The molecule has 1 atom stereocenters. The highest BCUT2D eigenvalue weighted by Gasteiger charge is 2.34. The Hall–Kier alpha value is -1.38. The lowest BCUT2D eigenvalue weighted by Crippen LogP contribution is -2.21. The minimum absolute atomic E-state index is 0.0137. The minimum Gasteiger partial charge on any atom is -0.359 e. The summed E-state index contributed by atoms with van der Waals surface area (Å²) in [5.41, 5.74) is 0.689. The first-order chi connectivity index (χ1) is 7.72. The molecule has 1 unspecified atom stereocenters. The van der Waals surface area contributed by atoms with Gasteiger partial charge in [-0.2, -0.15) is 0 Å². The van der Waals surface area contributed by atoms with Crippen molar-refractivity contribution in [2.75, 3.05) is 7.05 Å². The molecule has 1 saturated carbocycles. The Morgan fingerprint density at radius 3 is 2.75 bits per heavy atom. The molecule has 0 radical (unpaired) electrons. The Morgan fingerprint density at radius 1 is 1.50 bits per heavy atom. The zero-order valence-corrected chi connectivity index (χ0v) is 9.37. The molecule has 1 aliphatic rings. The fourth-order valence-corrected chi connectivity index (χ4v) is 2.11. The monoisotopic (exact) mass is 221 g/mol. The van der Waals surface area contributed by atoms with E-state index >= 15 is 0 Å². The number of rotatable bonds is 4. The van der Waals surface area contributed by atoms with E-state index in [0.29, 0.717) is 17.9 Å². The van der Waals surface area contributed by atoms with Gasteiger partial charge in [-0.1, -0.05) is 18.2 Å². The van der Waals surface area contributed by atoms with Gasteiger partial charge in [0.1, 0.15) is 5.82 Å². The molecule has 3 heteroatoms. The van der Waals surface area contributed by atoms with Crippen molar-refractivity contribution in [1.29, 1.82) is 0 Å². The lowest BCUT2D eigenvalue weighted by Gasteiger charge is -2.16. The third-order valence-electron chi connectivity index (χ3n) is 3.18. The molecule has 0 spiro atoms. The number of hydrogen-bond donors (Lipinski definition) is 1. The molecule has 0 saturated heterocycles. The van der Waals surface area contributed by atoms with Gasteiger partial charge in [0.15, 0.2) is 0 Å². The second-order valence-corrected chi connectivity index (χ2v) is 4.34. The number of benzene rings is 1. The van der Waals surface area contributed by atoms with E-state index in [2.05, 4.69) is 5.32 Å². The average Bonchev–Trinajstić information content (AvgIpc) is 3.10. The van der Waals surface area contributed by atoms with Crippen LogP contribution in [-0.4, -0.2) is 13.0 Å². The number of carbonyl (C=O) groups is 1. The highest BCUT2D eigenvalue weighted by atomic mass is 19.1. The third-order valence-corrected chi connectivity index (χ3v) is 3.18. The fraction of sp³-hybridized carbons (Fsp3) is 0.462. The highest BCUT2D eigenvalue weighted by molar-refractivity contribution is 5.76. The second kappa shape index (κ2) is 4.64. The van der Waals surface area contributed by atoms with Gasteiger partial charge in [-0.25, -0.2) is 4.39 Å². The van der Waals surface area contributed by atoms with Gasteiger partial charge in [-0.3, -0.25) is 4.79 Å². The van der Waals surface area contributed by atoms with Crippen LogP contribution in [0.5, 0.6) is 0 Å². The van der Waals surface area contributed by atoms with Crippen LogP contribution < -0.4 is 5.32 Å². The lowest BCUT2D eigenvalue weighted by molar-refractivity contribution is -0.121. The summed E-state index contributed by atoms with van der Waals surface area (Å²) in [7, 11) is 1.62. The van der Waals surface area contributed by atoms with E-state index < -0.39 is 0 Å². The summed E-state index contributed by atoms with van der Waals surface area (Å²) in [6, 6.07) is 6.77. The van der Waals surface area contributed by atoms with E-state index in [1.807, 2.05) is 6.07 Å². The summed E-state index contributed by atoms with van der Waals surface area (Å²) in [5.74, 6) is 0.318. The van der Waals surface area contributed by atoms with Crippen LogP contribution >= 0.6 is 0 Å². The molecule has 0 bridgehead atoms. The lowest BCUT2D eigenvalue weighted by atomic mass is 9.90. The maximum Gasteiger partial charge on any atom is 0.220 e. The average molecular weight is 221 g/mol. The summed E-state index contributed by atoms with van der Waals surface area (Å²) in [6.07, 6.45) is 2.61. The molecule has 1 N–H and O–H groups in total. The van der Waals surface area contributed by atoms with Crippen molar-refractivity contribution in [2.24, 2.45) is 5.92 Å². The summed E-state index contributed by atoms with van der Waals surface area (Å²) in [6.45, 7) is 0. The van der Waals surface area contributed by atoms with Crippen LogP contribution in [0.15, 0.2) is 24.3 Å². The molecule has 0 heterocycles. The van der Waals surface area contributed by atoms with Crippen LogP contribution in [0.1, 0.15) is 30.7 Å². The van der Waals surface area contributed by atoms with Gasteiger partial charge in [0.05, 0.1) is 0 Å². The molecule has 16 heavy (non-hydrogen) atoms. The van der Waals surface area contributed by atoms with Crippen molar-refractivity contribution in [1.82, 2.24) is 5.32 Å². The minimum atomic E-state index is -0.191. The van der Waals surface area contributed by atoms with Crippen molar-refractivity contribution in [3.05, 3.63) is 35.6 Å². The maximum atomic E-state index is 13.7. The molecule has 1 aromatic rings. The maximum absolute atomic E-state index is 13.7. The van der Waals surface area contributed by atoms with E-state index in [-0.39, 0.29) is 17.6 Å². The first kappa shape index (κ1) is 11.1. The number of nitrogens with one attached hydrogen (secondary N) is 1. The first-order valence-electron chi connectivity index (χ1n) is 5.67. The summed E-state index contributed by atoms with van der Waals surface area (Å²) < 4.78 is 13.7. The zero-order valence-electron chi connectivity index (χ0n) is 9.37. The standard InChI is InChI=1S/C13H16FNO/c1-15-13(16)8-11(9-6-7-9)10-4-2-3-5-12(10)14/h2-5,9,11H,6-8H2,1H3,(H,15,16). The van der Waals surface area contributed by atoms with Crippen molar-refractivity contribution >= 4 is 5.91 Å². The topological polar surface area (TPSA) is 29.1 Å². The summed E-state index contributed by atoms with van der Waals surface area (Å²) >= 11 is 0. The van der Waals surface area contributed by atoms with Gasteiger partial charge in [0.2, 0.25) is 5.91 Å². The Kier molecular flexibility index (Phi) is 3.22. The first-order valence-corrected chi connectivity index (χ1v) is 5.67. The van der Waals surface area contributed by atoms with Crippen molar-refractivity contribution in [2.45, 2.75) is 25.2 Å². The Morgan fingerprint density at radius 2 is 2.19 bits per heavy atom. The van der Waals surface area contributed by atoms with E-state index in [1.165, 1.54) is 6.07 Å². The molecule has 0 aromatic heterocycles. The van der Waals surface area contributed by atoms with E-state index in [9.17, 15) is 9.18 Å². The van der Waals surface area contributed by atoms with E-state index in [4.69, 9.17) is 0 Å². The van der Waals surface area contributed by atoms with Crippen LogP contribution in [0.3, 0.4) is 0 Å². The van der Waals surface area contributed by atoms with Crippen LogP contribution in [0.25, 0.3) is 0 Å². The molecule has 1 aromatic carbocycles. The van der Waals surface area contributed by atoms with E-state index in [0.717, 1.165) is 12.8 Å². The van der Waals surface area contributed by atoms with Gasteiger partial charge >= 0.3 is 0 Å². The molecule has 86 valence electrons. The second-order valence-electron chi connectivity index (χ2n) is 4.34. The molecule has 0 aliphatic heterocycles. The van der Waals surface area contributed by atoms with Crippen LogP contribution in [0, 0.1) is 11.7 Å².